The molecule has 0 fully saturated rings. The molecule has 0 heterocycles. The maximum absolute atomic E-state index is 0. The van der Waals surface area contributed by atoms with E-state index in [9.17, 15) is 0 Å². The fraction of sp³-hybridized carbons (Fsp3) is 0. The third kappa shape index (κ3) is 8.82. The van der Waals surface area contributed by atoms with Crippen LogP contribution in [0.2, 0.25) is 0 Å². The zero-order valence-electron chi connectivity index (χ0n) is 3.09. The van der Waals surface area contributed by atoms with Crippen LogP contribution in [-0.2, 0) is 17.1 Å². The molecule has 0 unspecified atom stereocenters. The van der Waals surface area contributed by atoms with Gasteiger partial charge in [0.1, 0.15) is 0 Å². The second kappa shape index (κ2) is 17.7. The van der Waals surface area contributed by atoms with E-state index in [0.29, 0.717) is 0 Å². The minimum absolute atomic E-state index is 0. The van der Waals surface area contributed by atoms with Crippen molar-refractivity contribution >= 4 is 66.1 Å². The molecule has 0 aliphatic carbocycles. The van der Waals surface area contributed by atoms with Crippen LogP contribution in [0.15, 0.2) is 0 Å². The van der Waals surface area contributed by atoms with E-state index in [-0.39, 0.29) is 86.0 Å². The van der Waals surface area contributed by atoms with Crippen molar-refractivity contribution in [1.29, 1.82) is 0 Å². The maximum Gasteiger partial charge on any atom is 2.00 e. The first kappa shape index (κ1) is 31.2. The number of rotatable bonds is 0. The van der Waals surface area contributed by atoms with Crippen LogP contribution in [0.4, 0.5) is 0 Å². The van der Waals surface area contributed by atoms with Crippen LogP contribution in [-0.4, -0.2) is 66.1 Å². The van der Waals surface area contributed by atoms with E-state index >= 15 is 0 Å². The molecule has 4 heteroatoms. The van der Waals surface area contributed by atoms with Gasteiger partial charge < -0.3 is 2.85 Å². The Morgan fingerprint density at radius 3 is 1.25 bits per heavy atom. The smallest absolute Gasteiger partial charge is 1.00 e. The second-order valence-corrected chi connectivity index (χ2v) is 0. The summed E-state index contributed by atoms with van der Waals surface area (Å²) in [6.07, 6.45) is 0. The van der Waals surface area contributed by atoms with Crippen molar-refractivity contribution in [1.82, 2.24) is 0 Å². The standard InChI is InChI=1S/Al.Ca.Mn.H4Si.5H/h;;;1H4;;;;;/q;+2;;;;;;2*-1. The molecule has 0 amide bonds. The quantitative estimate of drug-likeness (QED) is 0.335. The van der Waals surface area contributed by atoms with Gasteiger partial charge in [0.15, 0.2) is 17.4 Å². The molecule has 0 aromatic heterocycles. The van der Waals surface area contributed by atoms with Crippen molar-refractivity contribution in [2.45, 2.75) is 0 Å². The van der Waals surface area contributed by atoms with Gasteiger partial charge in [0.05, 0.1) is 0 Å². The van der Waals surface area contributed by atoms with E-state index in [1.165, 1.54) is 0 Å². The zero-order valence-corrected chi connectivity index (χ0v) is 4.47. The minimum atomic E-state index is 0. The zero-order chi connectivity index (χ0) is 0. The molecule has 0 rings (SSSR count). The van der Waals surface area contributed by atoms with E-state index in [1.54, 1.807) is 0 Å². The first-order valence-electron chi connectivity index (χ1n) is 0. The molecule has 4 heavy (non-hydrogen) atoms. The van der Waals surface area contributed by atoms with Gasteiger partial charge in [0.2, 0.25) is 0 Å². The van der Waals surface area contributed by atoms with Gasteiger partial charge in [-0.25, -0.2) is 0 Å². The van der Waals surface area contributed by atoms with Crippen molar-refractivity contribution in [2.75, 3.05) is 0 Å². The summed E-state index contributed by atoms with van der Waals surface area (Å²) in [5, 5.41) is 0. The van der Waals surface area contributed by atoms with Crippen LogP contribution in [0.5, 0.6) is 0 Å². The SMILES string of the molecule is [AlH3].[Ca+2].[H-].[H-].[Mn].[SiH4]. The Hall–Kier alpha value is 2.53. The van der Waals surface area contributed by atoms with Crippen LogP contribution in [0.25, 0.3) is 0 Å². The van der Waals surface area contributed by atoms with Gasteiger partial charge in [-0.1, -0.05) is 0 Å². The monoisotopic (exact) mass is 159 g/mol. The van der Waals surface area contributed by atoms with Gasteiger partial charge in [-0.2, -0.15) is 0 Å². The Balaban J connectivity index is 0. The molecule has 0 saturated carbocycles. The Kier molecular flexibility index (Phi) is 138. The van der Waals surface area contributed by atoms with E-state index in [4.69, 9.17) is 0 Å². The minimum Gasteiger partial charge on any atom is -1.00 e. The van der Waals surface area contributed by atoms with Gasteiger partial charge in [-0.15, -0.1) is 0 Å². The normalized spacial score (nSPS) is 0. The predicted octanol–water partition coefficient (Wildman–Crippen LogP) is -2.79. The molecule has 0 atom stereocenters. The van der Waals surface area contributed by atoms with Gasteiger partial charge in [0, 0.05) is 17.1 Å². The first-order valence-corrected chi connectivity index (χ1v) is 0. The van der Waals surface area contributed by atoms with Crippen molar-refractivity contribution in [3.05, 3.63) is 0 Å². The van der Waals surface area contributed by atoms with Gasteiger partial charge in [-0.05, 0) is 11.0 Å². The average Bonchev–Trinajstić information content (AvgIpc) is 0. The maximum atomic E-state index is 0. The Morgan fingerprint density at radius 1 is 1.25 bits per heavy atom. The summed E-state index contributed by atoms with van der Waals surface area (Å²) in [5.74, 6) is 0. The Morgan fingerprint density at radius 2 is 1.25 bits per heavy atom. The van der Waals surface area contributed by atoms with Crippen molar-refractivity contribution in [2.24, 2.45) is 0 Å². The van der Waals surface area contributed by atoms with Crippen molar-refractivity contribution in [3.63, 3.8) is 0 Å². The number of hydrogen-bond acceptors (Lipinski definition) is 0. The van der Waals surface area contributed by atoms with Crippen LogP contribution in [0.1, 0.15) is 2.85 Å². The van der Waals surface area contributed by atoms with Crippen molar-refractivity contribution < 1.29 is 19.9 Å². The summed E-state index contributed by atoms with van der Waals surface area (Å²) >= 11 is 0. The molecule has 0 aliphatic rings. The van der Waals surface area contributed by atoms with Crippen molar-refractivity contribution in [3.8, 4) is 0 Å². The predicted molar refractivity (Wildman–Crippen MR) is 29.3 cm³/mol. The third-order valence-electron chi connectivity index (χ3n) is 0. The Labute approximate surface area is 84.7 Å². The van der Waals surface area contributed by atoms with Crippen LogP contribution < -0.4 is 0 Å². The summed E-state index contributed by atoms with van der Waals surface area (Å²) in [5.41, 5.74) is 0. The summed E-state index contributed by atoms with van der Waals surface area (Å²) < 4.78 is 0. The molecule has 0 aromatic carbocycles. The third-order valence-corrected chi connectivity index (χ3v) is 0. The average molecular weight is 159 g/mol. The largest absolute Gasteiger partial charge is 2.00 e. The van der Waals surface area contributed by atoms with E-state index < -0.39 is 0 Å². The number of hydrogen-bond donors (Lipinski definition) is 0. The Bertz CT molecular complexity index is 13.5. The molecule has 0 spiro atoms. The van der Waals surface area contributed by atoms with E-state index in [0.717, 1.165) is 0 Å². The van der Waals surface area contributed by atoms with E-state index in [1.807, 2.05) is 0 Å². The molecule has 0 N–H and O–H groups in total. The summed E-state index contributed by atoms with van der Waals surface area (Å²) in [6, 6.07) is 0. The topological polar surface area (TPSA) is 0 Å². The van der Waals surface area contributed by atoms with Crippen LogP contribution >= 0.6 is 0 Å². The van der Waals surface area contributed by atoms with Gasteiger partial charge in [-0.3, -0.25) is 0 Å². The van der Waals surface area contributed by atoms with Gasteiger partial charge >= 0.3 is 37.7 Å². The fourth-order valence-electron chi connectivity index (χ4n) is 0. The molecular formula is H9AlCaMnSi. The molecule has 1 radical (unpaired) electrons. The molecule has 0 bridgehead atoms. The molecule has 25 valence electrons. The molecule has 0 aliphatic heterocycles. The van der Waals surface area contributed by atoms with Gasteiger partial charge in [0.25, 0.3) is 0 Å². The summed E-state index contributed by atoms with van der Waals surface area (Å²) in [6.45, 7) is 0. The molecule has 0 saturated heterocycles. The fourth-order valence-corrected chi connectivity index (χ4v) is 0. The van der Waals surface area contributed by atoms with Crippen LogP contribution in [0.3, 0.4) is 0 Å². The second-order valence-electron chi connectivity index (χ2n) is 0. The van der Waals surface area contributed by atoms with Crippen LogP contribution in [0, 0.1) is 0 Å². The van der Waals surface area contributed by atoms with E-state index in [2.05, 4.69) is 0 Å². The molecule has 0 aromatic rings. The molecule has 0 nitrogen and oxygen atoms in total. The summed E-state index contributed by atoms with van der Waals surface area (Å²) in [7, 11) is 0. The first-order chi connectivity index (χ1) is 0. The molecular weight excluding hydrogens is 150 g/mol. The summed E-state index contributed by atoms with van der Waals surface area (Å²) in [4.78, 5) is 0.